The van der Waals surface area contributed by atoms with Gasteiger partial charge in [-0.15, -0.1) is 0 Å². The lowest BCUT2D eigenvalue weighted by atomic mass is 9.90. The van der Waals surface area contributed by atoms with Gasteiger partial charge in [0.05, 0.1) is 7.11 Å². The SMILES string of the molecule is CCCNCc1cc2c(cc1OC)C(CC)NCC2. The van der Waals surface area contributed by atoms with Gasteiger partial charge in [-0.25, -0.2) is 0 Å². The fraction of sp³-hybridized carbons (Fsp3) is 0.625. The lowest BCUT2D eigenvalue weighted by Gasteiger charge is -2.27. The Kier molecular flexibility index (Phi) is 5.23. The van der Waals surface area contributed by atoms with Crippen LogP contribution in [0.25, 0.3) is 0 Å². The molecule has 1 atom stereocenters. The molecular formula is C16H26N2O. The highest BCUT2D eigenvalue weighted by Gasteiger charge is 2.20. The summed E-state index contributed by atoms with van der Waals surface area (Å²) in [5.41, 5.74) is 4.19. The highest BCUT2D eigenvalue weighted by atomic mass is 16.5. The van der Waals surface area contributed by atoms with Crippen LogP contribution in [0.15, 0.2) is 12.1 Å². The average molecular weight is 262 g/mol. The van der Waals surface area contributed by atoms with Crippen molar-refractivity contribution in [2.45, 2.75) is 45.7 Å². The first-order valence-electron chi connectivity index (χ1n) is 7.43. The highest BCUT2D eigenvalue weighted by Crippen LogP contribution is 2.31. The maximum atomic E-state index is 5.57. The molecule has 2 rings (SSSR count). The molecule has 0 saturated heterocycles. The topological polar surface area (TPSA) is 33.3 Å². The molecule has 0 amide bonds. The van der Waals surface area contributed by atoms with Gasteiger partial charge in [0, 0.05) is 18.2 Å². The summed E-state index contributed by atoms with van der Waals surface area (Å²) in [5, 5.41) is 7.04. The van der Waals surface area contributed by atoms with E-state index < -0.39 is 0 Å². The molecule has 19 heavy (non-hydrogen) atoms. The van der Waals surface area contributed by atoms with Crippen molar-refractivity contribution >= 4 is 0 Å². The van der Waals surface area contributed by atoms with Gasteiger partial charge in [-0.2, -0.15) is 0 Å². The third-order valence-electron chi connectivity index (χ3n) is 3.85. The summed E-state index contributed by atoms with van der Waals surface area (Å²) in [5.74, 6) is 1.02. The van der Waals surface area contributed by atoms with E-state index in [0.717, 1.165) is 44.6 Å². The number of ether oxygens (including phenoxy) is 1. The molecule has 3 nitrogen and oxygen atoms in total. The Morgan fingerprint density at radius 2 is 2.21 bits per heavy atom. The molecule has 0 aliphatic carbocycles. The van der Waals surface area contributed by atoms with Crippen LogP contribution in [-0.4, -0.2) is 20.2 Å². The third-order valence-corrected chi connectivity index (χ3v) is 3.85. The zero-order chi connectivity index (χ0) is 13.7. The molecule has 0 saturated carbocycles. The largest absolute Gasteiger partial charge is 0.496 e. The van der Waals surface area contributed by atoms with Crippen molar-refractivity contribution in [1.82, 2.24) is 10.6 Å². The fourth-order valence-electron chi connectivity index (χ4n) is 2.82. The Morgan fingerprint density at radius 1 is 1.37 bits per heavy atom. The monoisotopic (exact) mass is 262 g/mol. The van der Waals surface area contributed by atoms with E-state index in [1.807, 2.05) is 0 Å². The first kappa shape index (κ1) is 14.4. The molecule has 0 radical (unpaired) electrons. The summed E-state index contributed by atoms with van der Waals surface area (Å²) in [4.78, 5) is 0. The summed E-state index contributed by atoms with van der Waals surface area (Å²) < 4.78 is 5.57. The van der Waals surface area contributed by atoms with Gasteiger partial charge >= 0.3 is 0 Å². The Morgan fingerprint density at radius 3 is 2.89 bits per heavy atom. The number of hydrogen-bond donors (Lipinski definition) is 2. The van der Waals surface area contributed by atoms with Crippen LogP contribution >= 0.6 is 0 Å². The van der Waals surface area contributed by atoms with Crippen LogP contribution in [0.1, 0.15) is 49.4 Å². The molecule has 1 unspecified atom stereocenters. The molecule has 0 spiro atoms. The first-order valence-corrected chi connectivity index (χ1v) is 7.43. The lowest BCUT2D eigenvalue weighted by Crippen LogP contribution is -2.29. The second-order valence-electron chi connectivity index (χ2n) is 5.20. The number of benzene rings is 1. The maximum absolute atomic E-state index is 5.57. The summed E-state index contributed by atoms with van der Waals surface area (Å²) in [6.45, 7) is 7.46. The number of fused-ring (bicyclic) bond motifs is 1. The number of methoxy groups -OCH3 is 1. The normalized spacial score (nSPS) is 18.2. The van der Waals surface area contributed by atoms with E-state index in [1.165, 1.54) is 16.7 Å². The van der Waals surface area contributed by atoms with E-state index in [4.69, 9.17) is 4.74 Å². The Bertz CT molecular complexity index is 417. The minimum absolute atomic E-state index is 0.482. The Balaban J connectivity index is 2.25. The predicted octanol–water partition coefficient (Wildman–Crippen LogP) is 2.79. The number of hydrogen-bond acceptors (Lipinski definition) is 3. The van der Waals surface area contributed by atoms with Crippen LogP contribution in [-0.2, 0) is 13.0 Å². The molecule has 1 heterocycles. The van der Waals surface area contributed by atoms with Crippen molar-refractivity contribution in [1.29, 1.82) is 0 Å². The van der Waals surface area contributed by atoms with E-state index in [1.54, 1.807) is 7.11 Å². The van der Waals surface area contributed by atoms with Crippen LogP contribution in [0.3, 0.4) is 0 Å². The van der Waals surface area contributed by atoms with Gasteiger partial charge in [0.25, 0.3) is 0 Å². The fourth-order valence-corrected chi connectivity index (χ4v) is 2.82. The van der Waals surface area contributed by atoms with Crippen LogP contribution in [0.2, 0.25) is 0 Å². The van der Waals surface area contributed by atoms with Crippen LogP contribution < -0.4 is 15.4 Å². The van der Waals surface area contributed by atoms with Gasteiger partial charge < -0.3 is 15.4 Å². The second-order valence-corrected chi connectivity index (χ2v) is 5.20. The zero-order valence-corrected chi connectivity index (χ0v) is 12.4. The van der Waals surface area contributed by atoms with Gasteiger partial charge in [-0.3, -0.25) is 0 Å². The van der Waals surface area contributed by atoms with Crippen molar-refractivity contribution in [3.63, 3.8) is 0 Å². The summed E-state index contributed by atoms with van der Waals surface area (Å²) in [6.07, 6.45) is 3.41. The molecule has 3 heteroatoms. The van der Waals surface area contributed by atoms with Crippen molar-refractivity contribution < 1.29 is 4.74 Å². The lowest BCUT2D eigenvalue weighted by molar-refractivity contribution is 0.403. The molecule has 1 aliphatic heterocycles. The second kappa shape index (κ2) is 6.92. The summed E-state index contributed by atoms with van der Waals surface area (Å²) >= 11 is 0. The molecule has 106 valence electrons. The predicted molar refractivity (Wildman–Crippen MR) is 79.7 cm³/mol. The van der Waals surface area contributed by atoms with Gasteiger partial charge in [0.15, 0.2) is 0 Å². The van der Waals surface area contributed by atoms with E-state index in [-0.39, 0.29) is 0 Å². The molecule has 2 N–H and O–H groups in total. The number of nitrogens with one attached hydrogen (secondary N) is 2. The molecule has 0 bridgehead atoms. The van der Waals surface area contributed by atoms with Gasteiger partial charge in [0.1, 0.15) is 5.75 Å². The van der Waals surface area contributed by atoms with E-state index in [0.29, 0.717) is 6.04 Å². The molecule has 0 aromatic heterocycles. The molecule has 1 aliphatic rings. The van der Waals surface area contributed by atoms with Crippen molar-refractivity contribution in [2.24, 2.45) is 0 Å². The zero-order valence-electron chi connectivity index (χ0n) is 12.4. The van der Waals surface area contributed by atoms with Crippen molar-refractivity contribution in [3.8, 4) is 5.75 Å². The number of rotatable bonds is 6. The van der Waals surface area contributed by atoms with E-state index in [2.05, 4.69) is 36.6 Å². The molecular weight excluding hydrogens is 236 g/mol. The molecule has 1 aromatic rings. The van der Waals surface area contributed by atoms with E-state index >= 15 is 0 Å². The Labute approximate surface area is 116 Å². The van der Waals surface area contributed by atoms with Crippen LogP contribution in [0.5, 0.6) is 5.75 Å². The smallest absolute Gasteiger partial charge is 0.123 e. The van der Waals surface area contributed by atoms with Gasteiger partial charge in [0.2, 0.25) is 0 Å². The van der Waals surface area contributed by atoms with Crippen LogP contribution in [0, 0.1) is 0 Å². The first-order chi connectivity index (χ1) is 9.30. The quantitative estimate of drug-likeness (QED) is 0.773. The highest BCUT2D eigenvalue weighted by molar-refractivity contribution is 5.45. The van der Waals surface area contributed by atoms with E-state index in [9.17, 15) is 0 Å². The minimum Gasteiger partial charge on any atom is -0.496 e. The van der Waals surface area contributed by atoms with Crippen molar-refractivity contribution in [3.05, 3.63) is 28.8 Å². The summed E-state index contributed by atoms with van der Waals surface area (Å²) in [6, 6.07) is 5.05. The minimum atomic E-state index is 0.482. The average Bonchev–Trinajstić information content (AvgIpc) is 2.46. The maximum Gasteiger partial charge on any atom is 0.123 e. The van der Waals surface area contributed by atoms with Gasteiger partial charge in [-0.1, -0.05) is 19.9 Å². The molecule has 1 aromatic carbocycles. The standard InChI is InChI=1S/C16H26N2O/c1-4-7-17-11-13-9-12-6-8-18-15(5-2)14(12)10-16(13)19-3/h9-10,15,17-18H,4-8,11H2,1-3H3. The third kappa shape index (κ3) is 3.28. The van der Waals surface area contributed by atoms with Crippen LogP contribution in [0.4, 0.5) is 0 Å². The molecule has 0 fully saturated rings. The van der Waals surface area contributed by atoms with Crippen molar-refractivity contribution in [2.75, 3.05) is 20.2 Å². The van der Waals surface area contributed by atoms with Gasteiger partial charge in [-0.05, 0) is 49.5 Å². The Hall–Kier alpha value is -1.06. The summed E-state index contributed by atoms with van der Waals surface area (Å²) in [7, 11) is 1.77.